The molecular formula is C80H82N5O18P3. The number of hydrogen-bond donors (Lipinski definition) is 1. The van der Waals surface area contributed by atoms with E-state index in [4.69, 9.17) is 79.1 Å². The molecule has 0 amide bonds. The van der Waals surface area contributed by atoms with Crippen LogP contribution in [0.3, 0.4) is 0 Å². The Morgan fingerprint density at radius 1 is 0.358 bits per heavy atom. The fourth-order valence-electron chi connectivity index (χ4n) is 11.9. The van der Waals surface area contributed by atoms with E-state index in [1.54, 1.807) is 60.1 Å². The van der Waals surface area contributed by atoms with Gasteiger partial charge in [0.1, 0.15) is 54.6 Å². The van der Waals surface area contributed by atoms with Crippen LogP contribution in [0.25, 0.3) is 11.2 Å². The zero-order valence-electron chi connectivity index (χ0n) is 58.1. The molecule has 2 aromatic heterocycles. The van der Waals surface area contributed by atoms with E-state index >= 15 is 13.7 Å². The first-order chi connectivity index (χ1) is 52.0. The lowest BCUT2D eigenvalue weighted by Gasteiger charge is -2.47. The summed E-state index contributed by atoms with van der Waals surface area (Å²) in [6.45, 7) is -2.21. The molecule has 2 saturated heterocycles. The lowest BCUT2D eigenvalue weighted by molar-refractivity contribution is -0.325. The minimum absolute atomic E-state index is 0.0256. The molecule has 2 aliphatic heterocycles. The number of ether oxygens (including phenoxy) is 6. The van der Waals surface area contributed by atoms with Crippen molar-refractivity contribution in [2.45, 2.75) is 115 Å². The summed E-state index contributed by atoms with van der Waals surface area (Å²) in [6.07, 6.45) is -11.2. The lowest BCUT2D eigenvalue weighted by atomic mass is 9.98. The lowest BCUT2D eigenvalue weighted by Crippen LogP contribution is -2.62. The molecule has 0 spiro atoms. The van der Waals surface area contributed by atoms with E-state index in [0.717, 1.165) is 11.1 Å². The third-order valence-corrected chi connectivity index (χ3v) is 21.4. The zero-order chi connectivity index (χ0) is 72.6. The van der Waals surface area contributed by atoms with Crippen molar-refractivity contribution in [1.29, 1.82) is 0 Å². The van der Waals surface area contributed by atoms with E-state index in [0.29, 0.717) is 50.3 Å². The molecule has 0 radical (unpaired) electrons. The number of benzene rings is 9. The molecule has 2 aliphatic rings. The van der Waals surface area contributed by atoms with Crippen molar-refractivity contribution < 1.29 is 82.8 Å². The van der Waals surface area contributed by atoms with E-state index in [9.17, 15) is 0 Å². The molecule has 0 unspecified atom stereocenters. The van der Waals surface area contributed by atoms with Gasteiger partial charge in [0, 0.05) is 7.05 Å². The topological polar surface area (TPSA) is 245 Å². The maximum absolute atomic E-state index is 16.5. The maximum atomic E-state index is 16.5. The number of hydrogen-bond acceptors (Lipinski definition) is 22. The van der Waals surface area contributed by atoms with E-state index in [1.807, 2.05) is 224 Å². The fraction of sp³-hybridized carbons (Fsp3) is 0.263. The van der Waals surface area contributed by atoms with Gasteiger partial charge in [-0.25, -0.2) is 28.6 Å². The predicted octanol–water partition coefficient (Wildman–Crippen LogP) is 16.7. The second kappa shape index (κ2) is 37.8. The number of phosphoric ester groups is 3. The van der Waals surface area contributed by atoms with Crippen LogP contribution in [0.4, 0.5) is 5.82 Å². The van der Waals surface area contributed by atoms with Crippen LogP contribution in [-0.2, 0) is 142 Å². The van der Waals surface area contributed by atoms with Crippen LogP contribution in [0.2, 0.25) is 0 Å². The Morgan fingerprint density at radius 2 is 0.679 bits per heavy atom. The van der Waals surface area contributed by atoms with E-state index < -0.39 is 78.7 Å². The molecule has 4 heterocycles. The number of rotatable bonds is 39. The molecule has 9 aromatic carbocycles. The van der Waals surface area contributed by atoms with Crippen molar-refractivity contribution in [2.24, 2.45) is 0 Å². The highest BCUT2D eigenvalue weighted by molar-refractivity contribution is 7.49. The first-order valence-corrected chi connectivity index (χ1v) is 39.1. The summed E-state index contributed by atoms with van der Waals surface area (Å²) in [5, 5.41) is 3.10. The number of imidazole rings is 1. The number of nitrogens with one attached hydrogen (secondary N) is 1. The molecule has 106 heavy (non-hydrogen) atoms. The Hall–Kier alpha value is -8.58. The molecule has 13 rings (SSSR count). The van der Waals surface area contributed by atoms with Crippen molar-refractivity contribution >= 4 is 40.4 Å². The van der Waals surface area contributed by atoms with Gasteiger partial charge in [0.15, 0.2) is 24.0 Å². The summed E-state index contributed by atoms with van der Waals surface area (Å²) < 4.78 is 153. The largest absolute Gasteiger partial charge is 0.475 e. The first-order valence-electron chi connectivity index (χ1n) is 34.7. The second-order valence-corrected chi connectivity index (χ2v) is 29.7. The molecule has 26 heteroatoms. The van der Waals surface area contributed by atoms with E-state index in [1.165, 1.54) is 12.7 Å². The third kappa shape index (κ3) is 21.2. The number of anilines is 1. The van der Waals surface area contributed by atoms with Crippen molar-refractivity contribution in [1.82, 2.24) is 19.5 Å². The van der Waals surface area contributed by atoms with Crippen LogP contribution < -0.4 is 5.32 Å². The third-order valence-electron chi connectivity index (χ3n) is 17.3. The van der Waals surface area contributed by atoms with Gasteiger partial charge in [-0.05, 0) is 50.1 Å². The van der Waals surface area contributed by atoms with Gasteiger partial charge in [0.25, 0.3) is 0 Å². The van der Waals surface area contributed by atoms with Gasteiger partial charge in [0.2, 0.25) is 0 Å². The highest BCUT2D eigenvalue weighted by Crippen LogP contribution is 2.60. The van der Waals surface area contributed by atoms with Crippen molar-refractivity contribution in [2.75, 3.05) is 25.6 Å². The SMILES string of the molecule is CNc1ncnc2c1ncn2[C@@H]1O[C@H](COCc2ccccc2)[C@@H](O[C@H]2O[C@H](COCc3ccccc3)[C@@H](OP(=O)(OCc3ccccc3)OCc3ccccc3)[C@H](OP(=O)(OCc3ccccc3)OCc3ccccc3)[C@H]2OCc2ccccc2)[C@H]1OP(=O)(OCc1ccccc1)OCc1ccccc1. The molecule has 11 aromatic rings. The molecule has 1 N–H and O–H groups in total. The van der Waals surface area contributed by atoms with Crippen LogP contribution in [0.5, 0.6) is 0 Å². The predicted molar refractivity (Wildman–Crippen MR) is 394 cm³/mol. The monoisotopic (exact) mass is 1490 g/mol. The highest BCUT2D eigenvalue weighted by Gasteiger charge is 2.59. The molecule has 0 saturated carbocycles. The van der Waals surface area contributed by atoms with Gasteiger partial charge in [-0.15, -0.1) is 0 Å². The Kier molecular flexibility index (Phi) is 27.0. The molecule has 9 atom stereocenters. The molecule has 0 aliphatic carbocycles. The number of phosphoric acid groups is 3. The quantitative estimate of drug-likeness (QED) is 0.0352. The van der Waals surface area contributed by atoms with Gasteiger partial charge >= 0.3 is 23.5 Å². The smallest absolute Gasteiger partial charge is 0.374 e. The number of nitrogens with zero attached hydrogens (tertiary/aromatic N) is 4. The Bertz CT molecular complexity index is 4440. The summed E-state index contributed by atoms with van der Waals surface area (Å²) in [7, 11) is -13.1. The Morgan fingerprint density at radius 3 is 1.04 bits per heavy atom. The average molecular weight is 1490 g/mol. The van der Waals surface area contributed by atoms with Gasteiger partial charge in [-0.2, -0.15) is 0 Å². The molecule has 23 nitrogen and oxygen atoms in total. The standard InChI is InChI=1S/C80H82N5O18P3/c1-81-77-71-78(83-58-82-77)85(59-84-71)79-75(103-106(88,96-54-67-43-25-9-26-44-67)97-55-68-45-27-10-28-46-68)72(69(98-79)56-89-47-60-29-11-2-12-30-60)100-80-76(91-49-62-33-15-4-16-34-62)74(102-105(87,94-52-65-39-21-7-22-40-65)95-53-66-41-23-8-24-42-66)73(70(99-80)57-90-48-61-31-13-3-14-32-61)101-104(86,92-50-63-35-17-5-18-36-63)93-51-64-37-19-6-20-38-64/h2-46,58-59,69-70,72-76,79-80H,47-57H2,1H3,(H,81,82,83)/t69-,70-,72-,73-,74+,75-,76-,79-,80-/m1/s1. The van der Waals surface area contributed by atoms with E-state index in [-0.39, 0.29) is 78.3 Å². The summed E-state index contributed by atoms with van der Waals surface area (Å²) >= 11 is 0. The minimum Gasteiger partial charge on any atom is -0.374 e. The van der Waals surface area contributed by atoms with Crippen molar-refractivity contribution in [3.63, 3.8) is 0 Å². The van der Waals surface area contributed by atoms with Gasteiger partial charge in [0.05, 0.1) is 79.0 Å². The molecule has 550 valence electrons. The Balaban J connectivity index is 0.981. The minimum atomic E-state index is -5.03. The van der Waals surface area contributed by atoms with E-state index in [2.05, 4.69) is 10.3 Å². The fourth-order valence-corrected chi connectivity index (χ4v) is 15.9. The molecule has 0 bridgehead atoms. The summed E-state index contributed by atoms with van der Waals surface area (Å²) in [5.41, 5.74) is 6.74. The zero-order valence-corrected chi connectivity index (χ0v) is 60.8. The number of aromatic nitrogens is 4. The summed E-state index contributed by atoms with van der Waals surface area (Å²) in [4.78, 5) is 13.9. The first kappa shape index (κ1) is 75.6. The maximum Gasteiger partial charge on any atom is 0.475 e. The number of fused-ring (bicyclic) bond motifs is 1. The summed E-state index contributed by atoms with van der Waals surface area (Å²) in [5.74, 6) is 0.397. The second-order valence-electron chi connectivity index (χ2n) is 24.9. The Labute approximate surface area is 615 Å². The molecule has 2 fully saturated rings. The summed E-state index contributed by atoms with van der Waals surface area (Å²) in [6, 6.07) is 82.9. The van der Waals surface area contributed by atoms with Crippen LogP contribution in [0, 0.1) is 0 Å². The van der Waals surface area contributed by atoms with Gasteiger partial charge in [-0.3, -0.25) is 45.3 Å². The van der Waals surface area contributed by atoms with Crippen LogP contribution in [-0.4, -0.2) is 88.8 Å². The van der Waals surface area contributed by atoms with Gasteiger partial charge in [-0.1, -0.05) is 273 Å². The van der Waals surface area contributed by atoms with Gasteiger partial charge < -0.3 is 33.7 Å². The molecular weight excluding hydrogens is 1410 g/mol. The highest BCUT2D eigenvalue weighted by atomic mass is 31.2. The normalized spacial score (nSPS) is 19.8. The van der Waals surface area contributed by atoms with Crippen LogP contribution >= 0.6 is 23.5 Å². The van der Waals surface area contributed by atoms with Crippen LogP contribution in [0.1, 0.15) is 56.3 Å². The average Bonchev–Trinajstić information content (AvgIpc) is 1.54. The van der Waals surface area contributed by atoms with Crippen molar-refractivity contribution in [3.05, 3.63) is 336 Å². The van der Waals surface area contributed by atoms with Crippen LogP contribution in [0.15, 0.2) is 286 Å². The van der Waals surface area contributed by atoms with Crippen molar-refractivity contribution in [3.8, 4) is 0 Å².